The standard InChI is InChI=1S/C22H32N6O.HI/c1-2-24-22(28-9-7-21(17-28)27-11-13-29-14-12-27)25-15-19-3-5-20(6-4-19)16-26-10-8-23-18-26;/h3-6,8,10,18,21H,2,7,9,11-17H2,1H3,(H,24,25);1H. The van der Waals surface area contributed by atoms with Crippen LogP contribution >= 0.6 is 24.0 Å². The monoisotopic (exact) mass is 524 g/mol. The summed E-state index contributed by atoms with van der Waals surface area (Å²) >= 11 is 0. The molecule has 0 bridgehead atoms. The van der Waals surface area contributed by atoms with Gasteiger partial charge in [0.25, 0.3) is 0 Å². The molecule has 1 aromatic heterocycles. The number of benzene rings is 1. The molecule has 0 saturated carbocycles. The van der Waals surface area contributed by atoms with Crippen LogP contribution in [0.4, 0.5) is 0 Å². The summed E-state index contributed by atoms with van der Waals surface area (Å²) in [7, 11) is 0. The molecule has 0 aliphatic carbocycles. The quantitative estimate of drug-likeness (QED) is 0.358. The molecular weight excluding hydrogens is 491 g/mol. The Balaban J connectivity index is 0.00000256. The zero-order valence-electron chi connectivity index (χ0n) is 17.7. The fourth-order valence-electron chi connectivity index (χ4n) is 4.11. The summed E-state index contributed by atoms with van der Waals surface area (Å²) in [5.74, 6) is 1.03. The van der Waals surface area contributed by atoms with E-state index in [1.54, 1.807) is 0 Å². The number of imidazole rings is 1. The number of rotatable bonds is 6. The SMILES string of the molecule is CCNC(=NCc1ccc(Cn2ccnc2)cc1)N1CCC(N2CCOCC2)C1.I. The van der Waals surface area contributed by atoms with Gasteiger partial charge in [-0.05, 0) is 24.5 Å². The van der Waals surface area contributed by atoms with E-state index >= 15 is 0 Å². The van der Waals surface area contributed by atoms with Gasteiger partial charge in [0.15, 0.2) is 5.96 Å². The van der Waals surface area contributed by atoms with Gasteiger partial charge in [-0.25, -0.2) is 9.98 Å². The molecule has 0 spiro atoms. The van der Waals surface area contributed by atoms with Crippen molar-refractivity contribution in [1.82, 2.24) is 24.7 Å². The van der Waals surface area contributed by atoms with Gasteiger partial charge in [-0.1, -0.05) is 24.3 Å². The van der Waals surface area contributed by atoms with E-state index in [-0.39, 0.29) is 24.0 Å². The number of nitrogens with one attached hydrogen (secondary N) is 1. The minimum Gasteiger partial charge on any atom is -0.379 e. The molecule has 30 heavy (non-hydrogen) atoms. The van der Waals surface area contributed by atoms with Crippen LogP contribution in [-0.2, 0) is 17.8 Å². The zero-order chi connectivity index (χ0) is 19.9. The number of morpholine rings is 1. The first-order chi connectivity index (χ1) is 14.3. The summed E-state index contributed by atoms with van der Waals surface area (Å²) in [6, 6.07) is 9.34. The molecule has 1 aromatic carbocycles. The van der Waals surface area contributed by atoms with Crippen molar-refractivity contribution in [3.63, 3.8) is 0 Å². The summed E-state index contributed by atoms with van der Waals surface area (Å²) in [5, 5.41) is 3.48. The lowest BCUT2D eigenvalue weighted by Gasteiger charge is -2.32. The molecule has 1 N–H and O–H groups in total. The predicted octanol–water partition coefficient (Wildman–Crippen LogP) is 2.42. The van der Waals surface area contributed by atoms with Crippen molar-refractivity contribution in [2.45, 2.75) is 32.5 Å². The zero-order valence-corrected chi connectivity index (χ0v) is 20.1. The van der Waals surface area contributed by atoms with Crippen molar-refractivity contribution in [3.8, 4) is 0 Å². The molecule has 8 heteroatoms. The third-order valence-corrected chi connectivity index (χ3v) is 5.72. The lowest BCUT2D eigenvalue weighted by molar-refractivity contribution is 0.0195. The van der Waals surface area contributed by atoms with E-state index in [4.69, 9.17) is 9.73 Å². The van der Waals surface area contributed by atoms with Crippen molar-refractivity contribution in [2.75, 3.05) is 45.9 Å². The number of hydrogen-bond donors (Lipinski definition) is 1. The Morgan fingerprint density at radius 3 is 2.63 bits per heavy atom. The molecule has 4 rings (SSSR count). The average molecular weight is 524 g/mol. The van der Waals surface area contributed by atoms with Crippen molar-refractivity contribution in [3.05, 3.63) is 54.1 Å². The number of halogens is 1. The van der Waals surface area contributed by atoms with Crippen LogP contribution in [-0.4, -0.2) is 77.3 Å². The molecule has 2 saturated heterocycles. The summed E-state index contributed by atoms with van der Waals surface area (Å²) < 4.78 is 7.58. The lowest BCUT2D eigenvalue weighted by atomic mass is 10.1. The van der Waals surface area contributed by atoms with Crippen LogP contribution < -0.4 is 5.32 Å². The summed E-state index contributed by atoms with van der Waals surface area (Å²) in [4.78, 5) is 14.0. The number of guanidine groups is 1. The number of nitrogens with zero attached hydrogens (tertiary/aromatic N) is 5. The summed E-state index contributed by atoms with van der Waals surface area (Å²) in [5.41, 5.74) is 2.51. The van der Waals surface area contributed by atoms with E-state index in [0.717, 1.165) is 58.4 Å². The van der Waals surface area contributed by atoms with Crippen LogP contribution in [0, 0.1) is 0 Å². The number of hydrogen-bond acceptors (Lipinski definition) is 4. The molecular formula is C22H33IN6O. The Bertz CT molecular complexity index is 773. The highest BCUT2D eigenvalue weighted by Gasteiger charge is 2.30. The smallest absolute Gasteiger partial charge is 0.194 e. The van der Waals surface area contributed by atoms with Gasteiger partial charge in [0, 0.05) is 57.7 Å². The highest BCUT2D eigenvalue weighted by Crippen LogP contribution is 2.17. The minimum atomic E-state index is 0. The molecule has 2 aliphatic rings. The fourth-order valence-corrected chi connectivity index (χ4v) is 4.11. The molecule has 0 radical (unpaired) electrons. The molecule has 2 aliphatic heterocycles. The van der Waals surface area contributed by atoms with Crippen LogP contribution in [0.25, 0.3) is 0 Å². The van der Waals surface area contributed by atoms with E-state index in [1.165, 1.54) is 17.5 Å². The molecule has 3 heterocycles. The largest absolute Gasteiger partial charge is 0.379 e. The maximum absolute atomic E-state index is 5.50. The number of aliphatic imine (C=N–C) groups is 1. The minimum absolute atomic E-state index is 0. The van der Waals surface area contributed by atoms with Crippen LogP contribution in [0.1, 0.15) is 24.5 Å². The Morgan fingerprint density at radius 2 is 1.93 bits per heavy atom. The topological polar surface area (TPSA) is 57.9 Å². The van der Waals surface area contributed by atoms with Crippen molar-refractivity contribution in [2.24, 2.45) is 4.99 Å². The van der Waals surface area contributed by atoms with Gasteiger partial charge in [-0.2, -0.15) is 0 Å². The molecule has 2 fully saturated rings. The highest BCUT2D eigenvalue weighted by atomic mass is 127. The van der Waals surface area contributed by atoms with Gasteiger partial charge < -0.3 is 19.5 Å². The predicted molar refractivity (Wildman–Crippen MR) is 130 cm³/mol. The second-order valence-electron chi connectivity index (χ2n) is 7.76. The summed E-state index contributed by atoms with van der Waals surface area (Å²) in [6.07, 6.45) is 6.85. The molecule has 7 nitrogen and oxygen atoms in total. The fraction of sp³-hybridized carbons (Fsp3) is 0.545. The van der Waals surface area contributed by atoms with Crippen molar-refractivity contribution in [1.29, 1.82) is 0 Å². The van der Waals surface area contributed by atoms with Crippen LogP contribution in [0.15, 0.2) is 48.0 Å². The molecule has 1 atom stereocenters. The Hall–Kier alpha value is -1.65. The molecule has 2 aromatic rings. The van der Waals surface area contributed by atoms with Gasteiger partial charge in [0.05, 0.1) is 26.1 Å². The Labute approximate surface area is 196 Å². The van der Waals surface area contributed by atoms with Gasteiger partial charge in [0.2, 0.25) is 0 Å². The Morgan fingerprint density at radius 1 is 1.17 bits per heavy atom. The Kier molecular flexibility index (Phi) is 8.95. The first-order valence-corrected chi connectivity index (χ1v) is 10.7. The molecule has 1 unspecified atom stereocenters. The number of likely N-dealkylation sites (tertiary alicyclic amines) is 1. The second kappa shape index (κ2) is 11.7. The van der Waals surface area contributed by atoms with Crippen LogP contribution in [0.3, 0.4) is 0 Å². The molecule has 0 amide bonds. The van der Waals surface area contributed by atoms with Crippen molar-refractivity contribution >= 4 is 29.9 Å². The van der Waals surface area contributed by atoms with E-state index in [2.05, 4.69) is 55.9 Å². The van der Waals surface area contributed by atoms with E-state index < -0.39 is 0 Å². The first kappa shape index (κ1) is 23.0. The van der Waals surface area contributed by atoms with Gasteiger partial charge in [-0.15, -0.1) is 24.0 Å². The highest BCUT2D eigenvalue weighted by molar-refractivity contribution is 14.0. The van der Waals surface area contributed by atoms with Crippen LogP contribution in [0.2, 0.25) is 0 Å². The van der Waals surface area contributed by atoms with Crippen LogP contribution in [0.5, 0.6) is 0 Å². The number of ether oxygens (including phenoxy) is 1. The van der Waals surface area contributed by atoms with E-state index in [9.17, 15) is 0 Å². The van der Waals surface area contributed by atoms with Gasteiger partial charge in [0.1, 0.15) is 0 Å². The second-order valence-corrected chi connectivity index (χ2v) is 7.76. The molecule has 164 valence electrons. The summed E-state index contributed by atoms with van der Waals surface area (Å²) in [6.45, 7) is 10.5. The third-order valence-electron chi connectivity index (χ3n) is 5.72. The van der Waals surface area contributed by atoms with Gasteiger partial charge >= 0.3 is 0 Å². The first-order valence-electron chi connectivity index (χ1n) is 10.7. The third kappa shape index (κ3) is 6.18. The van der Waals surface area contributed by atoms with Crippen molar-refractivity contribution < 1.29 is 4.74 Å². The number of aromatic nitrogens is 2. The maximum Gasteiger partial charge on any atom is 0.194 e. The maximum atomic E-state index is 5.50. The lowest BCUT2D eigenvalue weighted by Crippen LogP contribution is -2.46. The average Bonchev–Trinajstić information content (AvgIpc) is 3.45. The normalized spacial score (nSPS) is 20.2. The van der Waals surface area contributed by atoms with E-state index in [0.29, 0.717) is 12.6 Å². The van der Waals surface area contributed by atoms with Gasteiger partial charge in [-0.3, -0.25) is 4.90 Å². The van der Waals surface area contributed by atoms with E-state index in [1.807, 2.05) is 18.7 Å².